The zero-order valence-electron chi connectivity index (χ0n) is 8.97. The van der Waals surface area contributed by atoms with Crippen molar-refractivity contribution in [3.8, 4) is 0 Å². The Morgan fingerprint density at radius 2 is 1.94 bits per heavy atom. The van der Waals surface area contributed by atoms with Gasteiger partial charge in [0.1, 0.15) is 0 Å². The van der Waals surface area contributed by atoms with E-state index >= 15 is 0 Å². The Hall–Kier alpha value is -1.69. The van der Waals surface area contributed by atoms with Crippen molar-refractivity contribution in [3.05, 3.63) is 23.8 Å². The molecule has 0 saturated heterocycles. The molecule has 1 aromatic carbocycles. The molecular formula is C10H13F2N3O. The predicted octanol–water partition coefficient (Wildman–Crippen LogP) is 1.22. The molecule has 0 fully saturated rings. The van der Waals surface area contributed by atoms with E-state index in [2.05, 4.69) is 5.32 Å². The molecule has 0 atom stereocenters. The molecule has 16 heavy (non-hydrogen) atoms. The molecule has 0 bridgehead atoms. The first kappa shape index (κ1) is 12.4. The molecule has 1 rings (SSSR count). The molecule has 0 aromatic heterocycles. The van der Waals surface area contributed by atoms with Gasteiger partial charge in [-0.05, 0) is 26.0 Å². The average Bonchev–Trinajstić information content (AvgIpc) is 2.17. The summed E-state index contributed by atoms with van der Waals surface area (Å²) in [7, 11) is 0. The number of nitrogen functional groups attached to an aromatic ring is 1. The molecular weight excluding hydrogens is 216 g/mol. The number of rotatable bonds is 2. The minimum Gasteiger partial charge on any atom is -0.395 e. The van der Waals surface area contributed by atoms with E-state index in [1.165, 1.54) is 19.9 Å². The Morgan fingerprint density at radius 3 is 2.44 bits per heavy atom. The van der Waals surface area contributed by atoms with Crippen molar-refractivity contribution in [1.29, 1.82) is 0 Å². The zero-order valence-corrected chi connectivity index (χ0v) is 8.97. The lowest BCUT2D eigenvalue weighted by Gasteiger charge is -2.18. The topological polar surface area (TPSA) is 81.1 Å². The highest BCUT2D eigenvalue weighted by molar-refractivity contribution is 5.99. The lowest BCUT2D eigenvalue weighted by atomic mass is 10.1. The molecule has 0 radical (unpaired) electrons. The van der Waals surface area contributed by atoms with Crippen LogP contribution in [-0.2, 0) is 4.79 Å². The van der Waals surface area contributed by atoms with Gasteiger partial charge in [0.15, 0.2) is 11.6 Å². The number of hydrogen-bond acceptors (Lipinski definition) is 3. The Labute approximate surface area is 91.6 Å². The first-order valence-electron chi connectivity index (χ1n) is 4.57. The summed E-state index contributed by atoms with van der Waals surface area (Å²) in [6, 6.07) is 2.06. The van der Waals surface area contributed by atoms with Crippen LogP contribution in [0.1, 0.15) is 13.8 Å². The Morgan fingerprint density at radius 1 is 1.38 bits per heavy atom. The summed E-state index contributed by atoms with van der Waals surface area (Å²) in [6.45, 7) is 2.97. The van der Waals surface area contributed by atoms with Crippen LogP contribution in [0.5, 0.6) is 0 Å². The highest BCUT2D eigenvalue weighted by atomic mass is 19.2. The van der Waals surface area contributed by atoms with E-state index in [4.69, 9.17) is 11.5 Å². The van der Waals surface area contributed by atoms with Crippen LogP contribution in [0.25, 0.3) is 0 Å². The van der Waals surface area contributed by atoms with Crippen molar-refractivity contribution < 1.29 is 13.6 Å². The zero-order chi connectivity index (χ0) is 12.5. The van der Waals surface area contributed by atoms with Gasteiger partial charge in [-0.3, -0.25) is 4.79 Å². The molecule has 5 N–H and O–H groups in total. The van der Waals surface area contributed by atoms with Crippen LogP contribution in [0, 0.1) is 11.6 Å². The number of benzene rings is 1. The molecule has 0 unspecified atom stereocenters. The number of carbonyl (C=O) groups is 1. The maximum absolute atomic E-state index is 13.1. The molecule has 1 aromatic rings. The second-order valence-corrected chi connectivity index (χ2v) is 4.00. The number of nitrogens with one attached hydrogen (secondary N) is 1. The molecule has 0 saturated carbocycles. The van der Waals surface area contributed by atoms with Crippen molar-refractivity contribution >= 4 is 17.3 Å². The number of anilines is 2. The summed E-state index contributed by atoms with van der Waals surface area (Å²) >= 11 is 0. The number of nitrogens with two attached hydrogens (primary N) is 2. The van der Waals surface area contributed by atoms with Gasteiger partial charge in [0.25, 0.3) is 0 Å². The second kappa shape index (κ2) is 4.05. The van der Waals surface area contributed by atoms with E-state index < -0.39 is 28.8 Å². The Kier molecular flexibility index (Phi) is 3.14. The highest BCUT2D eigenvalue weighted by Gasteiger charge is 2.23. The van der Waals surface area contributed by atoms with Gasteiger partial charge in [-0.2, -0.15) is 0 Å². The smallest absolute Gasteiger partial charge is 0.243 e. The van der Waals surface area contributed by atoms with E-state index in [-0.39, 0.29) is 5.69 Å². The third-order valence-electron chi connectivity index (χ3n) is 1.97. The van der Waals surface area contributed by atoms with Gasteiger partial charge in [0.05, 0.1) is 16.9 Å². The lowest BCUT2D eigenvalue weighted by Crippen LogP contribution is -2.45. The summed E-state index contributed by atoms with van der Waals surface area (Å²) in [5.41, 5.74) is 9.26. The molecule has 1 amide bonds. The third-order valence-corrected chi connectivity index (χ3v) is 1.97. The van der Waals surface area contributed by atoms with E-state index in [9.17, 15) is 13.6 Å². The van der Waals surface area contributed by atoms with E-state index in [1.54, 1.807) is 0 Å². The van der Waals surface area contributed by atoms with Gasteiger partial charge >= 0.3 is 0 Å². The van der Waals surface area contributed by atoms with Gasteiger partial charge in [-0.1, -0.05) is 0 Å². The van der Waals surface area contributed by atoms with Crippen molar-refractivity contribution in [1.82, 2.24) is 0 Å². The molecule has 88 valence electrons. The number of halogens is 2. The highest BCUT2D eigenvalue weighted by Crippen LogP contribution is 2.24. The van der Waals surface area contributed by atoms with Crippen LogP contribution in [0.2, 0.25) is 0 Å². The van der Waals surface area contributed by atoms with Crippen LogP contribution in [-0.4, -0.2) is 11.4 Å². The molecule has 0 aliphatic heterocycles. The summed E-state index contributed by atoms with van der Waals surface area (Å²) in [6.07, 6.45) is 0. The fraction of sp³-hybridized carbons (Fsp3) is 0.300. The van der Waals surface area contributed by atoms with Gasteiger partial charge in [-0.25, -0.2) is 8.78 Å². The standard InChI is InChI=1S/C10H13F2N3O/c1-10(2,14)9(16)15-6-4-3-5(11)7(12)8(6)13/h3-4H,13-14H2,1-2H3,(H,15,16). The third kappa shape index (κ3) is 2.46. The predicted molar refractivity (Wildman–Crippen MR) is 57.7 cm³/mol. The van der Waals surface area contributed by atoms with Gasteiger partial charge in [0.2, 0.25) is 5.91 Å². The summed E-state index contributed by atoms with van der Waals surface area (Å²) in [4.78, 5) is 11.5. The van der Waals surface area contributed by atoms with Crippen LogP contribution in [0.4, 0.5) is 20.2 Å². The molecule has 0 aliphatic carbocycles. The van der Waals surface area contributed by atoms with Crippen LogP contribution in [0.15, 0.2) is 12.1 Å². The molecule has 0 heterocycles. The van der Waals surface area contributed by atoms with E-state index in [0.29, 0.717) is 0 Å². The van der Waals surface area contributed by atoms with Gasteiger partial charge < -0.3 is 16.8 Å². The minimum absolute atomic E-state index is 0.00225. The summed E-state index contributed by atoms with van der Waals surface area (Å²) in [5.74, 6) is -2.79. The fourth-order valence-electron chi connectivity index (χ4n) is 0.959. The van der Waals surface area contributed by atoms with Crippen molar-refractivity contribution in [2.24, 2.45) is 5.73 Å². The molecule has 0 aliphatic rings. The second-order valence-electron chi connectivity index (χ2n) is 4.00. The van der Waals surface area contributed by atoms with E-state index in [1.807, 2.05) is 0 Å². The maximum Gasteiger partial charge on any atom is 0.243 e. The first-order valence-corrected chi connectivity index (χ1v) is 4.57. The lowest BCUT2D eigenvalue weighted by molar-refractivity contribution is -0.120. The summed E-state index contributed by atoms with van der Waals surface area (Å²) < 4.78 is 25.8. The summed E-state index contributed by atoms with van der Waals surface area (Å²) in [5, 5.41) is 2.32. The quantitative estimate of drug-likeness (QED) is 0.667. The fourth-order valence-corrected chi connectivity index (χ4v) is 0.959. The maximum atomic E-state index is 13.1. The normalized spacial score (nSPS) is 11.3. The molecule has 4 nitrogen and oxygen atoms in total. The Bertz CT molecular complexity index is 427. The molecule has 0 spiro atoms. The number of carbonyl (C=O) groups excluding carboxylic acids is 1. The van der Waals surface area contributed by atoms with Gasteiger partial charge in [0, 0.05) is 0 Å². The molecule has 6 heteroatoms. The average molecular weight is 229 g/mol. The van der Waals surface area contributed by atoms with Crippen LogP contribution < -0.4 is 16.8 Å². The largest absolute Gasteiger partial charge is 0.395 e. The minimum atomic E-state index is -1.19. The Balaban J connectivity index is 3.00. The monoisotopic (exact) mass is 229 g/mol. The number of amides is 1. The van der Waals surface area contributed by atoms with Crippen molar-refractivity contribution in [2.45, 2.75) is 19.4 Å². The van der Waals surface area contributed by atoms with Gasteiger partial charge in [-0.15, -0.1) is 0 Å². The van der Waals surface area contributed by atoms with Crippen molar-refractivity contribution in [2.75, 3.05) is 11.1 Å². The van der Waals surface area contributed by atoms with Crippen molar-refractivity contribution in [3.63, 3.8) is 0 Å². The first-order chi connectivity index (χ1) is 7.23. The van der Waals surface area contributed by atoms with Crippen LogP contribution in [0.3, 0.4) is 0 Å². The SMILES string of the molecule is CC(C)(N)C(=O)Nc1ccc(F)c(F)c1N. The van der Waals surface area contributed by atoms with E-state index in [0.717, 1.165) is 6.07 Å². The van der Waals surface area contributed by atoms with Crippen LogP contribution >= 0.6 is 0 Å². The number of hydrogen-bond donors (Lipinski definition) is 3.